The van der Waals surface area contributed by atoms with Gasteiger partial charge in [-0.2, -0.15) is 5.26 Å². The normalized spacial score (nSPS) is 11.1. The van der Waals surface area contributed by atoms with E-state index >= 15 is 0 Å². The third-order valence-electron chi connectivity index (χ3n) is 4.24. The molecule has 2 aromatic rings. The third kappa shape index (κ3) is 4.78. The molecule has 1 atom stereocenters. The van der Waals surface area contributed by atoms with E-state index in [9.17, 15) is 14.9 Å². The fraction of sp³-hybridized carbons (Fsp3) is 0.333. The zero-order valence-electron chi connectivity index (χ0n) is 17.4. The molecule has 0 bridgehead atoms. The number of benzene rings is 1. The van der Waals surface area contributed by atoms with E-state index in [-0.39, 0.29) is 17.9 Å². The summed E-state index contributed by atoms with van der Waals surface area (Å²) in [7, 11) is 4.38. The van der Waals surface area contributed by atoms with Gasteiger partial charge in [-0.25, -0.2) is 9.78 Å². The van der Waals surface area contributed by atoms with Crippen molar-refractivity contribution in [2.45, 2.75) is 19.9 Å². The van der Waals surface area contributed by atoms with Gasteiger partial charge in [0.25, 0.3) is 5.91 Å². The van der Waals surface area contributed by atoms with Crippen LogP contribution in [0.3, 0.4) is 0 Å². The molecule has 9 heteroatoms. The molecule has 0 radical (unpaired) electrons. The second-order valence-electron chi connectivity index (χ2n) is 6.04. The van der Waals surface area contributed by atoms with E-state index < -0.39 is 17.9 Å². The number of nitriles is 1. The Bertz CT molecular complexity index is 958. The van der Waals surface area contributed by atoms with Crippen LogP contribution in [0.5, 0.6) is 17.2 Å². The number of ether oxygens (including phenoxy) is 4. The maximum atomic E-state index is 12.7. The maximum Gasteiger partial charge on any atom is 0.339 e. The van der Waals surface area contributed by atoms with Gasteiger partial charge in [-0.3, -0.25) is 4.79 Å². The first kappa shape index (κ1) is 22.5. The van der Waals surface area contributed by atoms with Crippen molar-refractivity contribution in [1.82, 2.24) is 10.3 Å². The van der Waals surface area contributed by atoms with Gasteiger partial charge < -0.3 is 24.3 Å². The van der Waals surface area contributed by atoms with E-state index in [1.165, 1.54) is 33.5 Å². The van der Waals surface area contributed by atoms with Crippen LogP contribution in [-0.2, 0) is 4.74 Å². The monoisotopic (exact) mass is 413 g/mol. The van der Waals surface area contributed by atoms with Crippen LogP contribution < -0.4 is 19.5 Å². The summed E-state index contributed by atoms with van der Waals surface area (Å²) >= 11 is 0. The minimum absolute atomic E-state index is 0.0632. The first-order valence-corrected chi connectivity index (χ1v) is 9.05. The van der Waals surface area contributed by atoms with Crippen molar-refractivity contribution in [3.63, 3.8) is 0 Å². The van der Waals surface area contributed by atoms with Gasteiger partial charge in [0.1, 0.15) is 11.7 Å². The molecule has 1 unspecified atom stereocenters. The number of aromatic nitrogens is 1. The number of nitrogens with zero attached hydrogens (tertiary/aromatic N) is 2. The van der Waals surface area contributed by atoms with E-state index in [1.807, 2.05) is 6.07 Å². The number of hydrogen-bond donors (Lipinski definition) is 1. The number of methoxy groups -OCH3 is 3. The summed E-state index contributed by atoms with van der Waals surface area (Å²) in [5, 5.41) is 12.2. The Morgan fingerprint density at radius 2 is 1.77 bits per heavy atom. The van der Waals surface area contributed by atoms with E-state index in [4.69, 9.17) is 18.9 Å². The molecule has 30 heavy (non-hydrogen) atoms. The lowest BCUT2D eigenvalue weighted by molar-refractivity contribution is 0.0524. The first-order chi connectivity index (χ1) is 14.4. The highest BCUT2D eigenvalue weighted by molar-refractivity contribution is 5.95. The van der Waals surface area contributed by atoms with E-state index in [1.54, 1.807) is 26.0 Å². The highest BCUT2D eigenvalue weighted by atomic mass is 16.5. The van der Waals surface area contributed by atoms with Crippen LogP contribution in [-0.4, -0.2) is 44.8 Å². The van der Waals surface area contributed by atoms with Gasteiger partial charge in [0.15, 0.2) is 11.5 Å². The minimum Gasteiger partial charge on any atom is -0.493 e. The molecular weight excluding hydrogens is 390 g/mol. The lowest BCUT2D eigenvalue weighted by Gasteiger charge is -2.17. The van der Waals surface area contributed by atoms with Gasteiger partial charge in [-0.1, -0.05) is 0 Å². The molecule has 158 valence electrons. The lowest BCUT2D eigenvalue weighted by atomic mass is 10.1. The molecule has 0 spiro atoms. The Morgan fingerprint density at radius 3 is 2.23 bits per heavy atom. The zero-order valence-corrected chi connectivity index (χ0v) is 17.4. The maximum absolute atomic E-state index is 12.7. The molecule has 0 fully saturated rings. The van der Waals surface area contributed by atoms with Gasteiger partial charge in [0.2, 0.25) is 5.75 Å². The van der Waals surface area contributed by atoms with Crippen molar-refractivity contribution in [3.05, 3.63) is 46.8 Å². The first-order valence-electron chi connectivity index (χ1n) is 9.05. The fourth-order valence-corrected chi connectivity index (χ4v) is 2.78. The number of rotatable bonds is 8. The number of esters is 1. The van der Waals surface area contributed by atoms with Crippen molar-refractivity contribution in [3.8, 4) is 23.3 Å². The molecule has 1 amide bonds. The van der Waals surface area contributed by atoms with Crippen molar-refractivity contribution in [1.29, 1.82) is 5.26 Å². The Morgan fingerprint density at radius 1 is 1.13 bits per heavy atom. The summed E-state index contributed by atoms with van der Waals surface area (Å²) in [6, 6.07) is 7.06. The largest absolute Gasteiger partial charge is 0.493 e. The molecule has 9 nitrogen and oxygen atoms in total. The van der Waals surface area contributed by atoms with Crippen LogP contribution in [0.15, 0.2) is 24.3 Å². The Hall–Kier alpha value is -3.80. The Kier molecular flexibility index (Phi) is 7.58. The minimum atomic E-state index is -1.00. The summed E-state index contributed by atoms with van der Waals surface area (Å²) in [4.78, 5) is 28.7. The second kappa shape index (κ2) is 10.1. The molecule has 0 saturated heterocycles. The topological polar surface area (TPSA) is 120 Å². The van der Waals surface area contributed by atoms with Gasteiger partial charge in [0.05, 0.1) is 45.3 Å². The van der Waals surface area contributed by atoms with E-state index in [0.717, 1.165) is 0 Å². The van der Waals surface area contributed by atoms with Crippen LogP contribution >= 0.6 is 0 Å². The van der Waals surface area contributed by atoms with Crippen LogP contribution in [0.25, 0.3) is 0 Å². The molecule has 2 rings (SSSR count). The number of pyridine rings is 1. The summed E-state index contributed by atoms with van der Waals surface area (Å²) in [5.41, 5.74) is 1.13. The molecule has 1 heterocycles. The second-order valence-corrected chi connectivity index (χ2v) is 6.04. The molecule has 0 saturated carbocycles. The van der Waals surface area contributed by atoms with Crippen LogP contribution in [0.1, 0.15) is 45.1 Å². The zero-order chi connectivity index (χ0) is 22.3. The van der Waals surface area contributed by atoms with Crippen molar-refractivity contribution < 1.29 is 28.5 Å². The number of amides is 1. The molecule has 0 aliphatic heterocycles. The predicted octanol–water partition coefficient (Wildman–Crippen LogP) is 2.59. The van der Waals surface area contributed by atoms with Gasteiger partial charge in [0, 0.05) is 0 Å². The number of hydrogen-bond acceptors (Lipinski definition) is 8. The lowest BCUT2D eigenvalue weighted by Crippen LogP contribution is -2.28. The average Bonchev–Trinajstić information content (AvgIpc) is 2.76. The SMILES string of the molecule is CCOC(=O)c1ccc(C(=O)NC(C#N)c2cc(OC)c(OC)c(OC)c2)nc1C. The Labute approximate surface area is 174 Å². The van der Waals surface area contributed by atoms with Crippen LogP contribution in [0.2, 0.25) is 0 Å². The van der Waals surface area contributed by atoms with Crippen molar-refractivity contribution in [2.75, 3.05) is 27.9 Å². The number of nitrogens with one attached hydrogen (secondary N) is 1. The third-order valence-corrected chi connectivity index (χ3v) is 4.24. The molecule has 0 aliphatic carbocycles. The molecule has 1 N–H and O–H groups in total. The van der Waals surface area contributed by atoms with Gasteiger partial charge in [-0.05, 0) is 43.7 Å². The summed E-state index contributed by atoms with van der Waals surface area (Å²) < 4.78 is 20.8. The van der Waals surface area contributed by atoms with Crippen LogP contribution in [0, 0.1) is 18.3 Å². The quantitative estimate of drug-likeness (QED) is 0.656. The summed E-state index contributed by atoms with van der Waals surface area (Å²) in [6.45, 7) is 3.54. The molecular formula is C21H23N3O6. The van der Waals surface area contributed by atoms with Crippen molar-refractivity contribution >= 4 is 11.9 Å². The standard InChI is InChI=1S/C21H23N3O6/c1-6-30-21(26)14-7-8-15(23-12(14)2)20(25)24-16(11-22)13-9-17(27-3)19(29-5)18(10-13)28-4/h7-10,16H,6H2,1-5H3,(H,24,25). The molecule has 1 aromatic carbocycles. The Balaban J connectivity index is 2.30. The highest BCUT2D eigenvalue weighted by Gasteiger charge is 2.22. The fourth-order valence-electron chi connectivity index (χ4n) is 2.78. The number of carbonyl (C=O) groups excluding carboxylic acids is 2. The summed E-state index contributed by atoms with van der Waals surface area (Å²) in [6.07, 6.45) is 0. The van der Waals surface area contributed by atoms with Gasteiger partial charge in [-0.15, -0.1) is 0 Å². The van der Waals surface area contributed by atoms with Gasteiger partial charge >= 0.3 is 5.97 Å². The highest BCUT2D eigenvalue weighted by Crippen LogP contribution is 2.39. The molecule has 1 aromatic heterocycles. The average molecular weight is 413 g/mol. The van der Waals surface area contributed by atoms with E-state index in [2.05, 4.69) is 10.3 Å². The van der Waals surface area contributed by atoms with E-state index in [0.29, 0.717) is 28.5 Å². The number of aryl methyl sites for hydroxylation is 1. The van der Waals surface area contributed by atoms with Crippen molar-refractivity contribution in [2.24, 2.45) is 0 Å². The molecule has 0 aliphatic rings. The number of carbonyl (C=O) groups is 2. The summed E-state index contributed by atoms with van der Waals surface area (Å²) in [5.74, 6) is -0.00239. The smallest absolute Gasteiger partial charge is 0.339 e. The van der Waals surface area contributed by atoms with Crippen LogP contribution in [0.4, 0.5) is 0 Å². The predicted molar refractivity (Wildman–Crippen MR) is 107 cm³/mol.